The molecule has 0 aliphatic heterocycles. The number of benzene rings is 3. The maximum atomic E-state index is 13.2. The van der Waals surface area contributed by atoms with E-state index in [-0.39, 0.29) is 25.9 Å². The predicted molar refractivity (Wildman–Crippen MR) is 175 cm³/mol. The summed E-state index contributed by atoms with van der Waals surface area (Å²) in [7, 11) is 3.98. The molecule has 7 aromatic rings. The van der Waals surface area contributed by atoms with E-state index in [4.69, 9.17) is 4.42 Å². The maximum absolute atomic E-state index is 13.2. The number of fused-ring (bicyclic) bond motifs is 3. The van der Waals surface area contributed by atoms with E-state index in [1.54, 1.807) is 18.3 Å². The van der Waals surface area contributed by atoms with Crippen molar-refractivity contribution in [1.29, 1.82) is 0 Å². The molecule has 45 heavy (non-hydrogen) atoms. The Labute approximate surface area is 277 Å². The van der Waals surface area contributed by atoms with Gasteiger partial charge in [0, 0.05) is 24.3 Å². The van der Waals surface area contributed by atoms with Crippen molar-refractivity contribution >= 4 is 22.1 Å². The molecule has 0 unspecified atom stereocenters. The summed E-state index contributed by atoms with van der Waals surface area (Å²) >= 11 is 0. The Balaban J connectivity index is 0.000000193. The Morgan fingerprint density at radius 1 is 0.889 bits per heavy atom. The van der Waals surface area contributed by atoms with Crippen molar-refractivity contribution in [3.8, 4) is 33.6 Å². The van der Waals surface area contributed by atoms with Gasteiger partial charge in [-0.15, -0.1) is 35.4 Å². The van der Waals surface area contributed by atoms with Crippen LogP contribution in [-0.4, -0.2) is 9.97 Å². The Kier molecular flexibility index (Phi) is 9.48. The largest absolute Gasteiger partial charge is 3.00 e. The van der Waals surface area contributed by atoms with E-state index in [1.165, 1.54) is 17.7 Å². The molecule has 0 radical (unpaired) electrons. The van der Waals surface area contributed by atoms with Gasteiger partial charge in [0.1, 0.15) is 5.82 Å². The molecular formula is C39H32FIrN3O+. The van der Waals surface area contributed by atoms with Crippen molar-refractivity contribution < 1.29 is 33.5 Å². The van der Waals surface area contributed by atoms with Gasteiger partial charge in [-0.1, -0.05) is 67.3 Å². The van der Waals surface area contributed by atoms with Gasteiger partial charge in [-0.2, -0.15) is 18.6 Å². The third kappa shape index (κ3) is 6.68. The number of furan rings is 1. The Hall–Kier alpha value is -4.77. The standard InChI is InChI=1S/C23H14FN2O.C16H18N.Ir/c1-14-5-10-19-18-3-2-4-20(22(18)27-23(19)26-14)21-13-16(11-12-25-21)15-6-8-17(24)9-7-15;1-12(2)14-8-9-15(13(3)11-14)16-7-5-6-10-17(16)4;/h2-3,5-13H,1H3;5-12H,3-4H2,1-2H3;/q2*-1;+3. The van der Waals surface area contributed by atoms with Gasteiger partial charge in [0.05, 0.1) is 17.5 Å². The van der Waals surface area contributed by atoms with E-state index in [9.17, 15) is 4.39 Å². The molecule has 6 heteroatoms. The van der Waals surface area contributed by atoms with Crippen LogP contribution in [0.5, 0.6) is 0 Å². The first kappa shape index (κ1) is 31.6. The summed E-state index contributed by atoms with van der Waals surface area (Å²) in [6, 6.07) is 33.9. The number of aromatic nitrogens is 3. The molecule has 4 aromatic heterocycles. The van der Waals surface area contributed by atoms with Crippen LogP contribution in [-0.2, 0) is 20.1 Å². The topological polar surface area (TPSA) is 42.8 Å². The minimum Gasteiger partial charge on any atom is -0.486 e. The van der Waals surface area contributed by atoms with Gasteiger partial charge in [-0.3, -0.25) is 0 Å². The fourth-order valence-corrected chi connectivity index (χ4v) is 5.24. The van der Waals surface area contributed by atoms with E-state index >= 15 is 0 Å². The number of aryl methyl sites for hydroxylation is 1. The van der Waals surface area contributed by atoms with Gasteiger partial charge in [-0.25, -0.2) is 9.37 Å². The minimum atomic E-state index is -0.254. The Morgan fingerprint density at radius 3 is 2.42 bits per heavy atom. The minimum absolute atomic E-state index is 0. The normalized spacial score (nSPS) is 10.9. The molecular weight excluding hydrogens is 738 g/mol. The number of halogens is 1. The Morgan fingerprint density at radius 2 is 1.69 bits per heavy atom. The molecule has 0 amide bonds. The van der Waals surface area contributed by atoms with Gasteiger partial charge in [-0.05, 0) is 60.0 Å². The molecule has 0 aliphatic carbocycles. The molecule has 224 valence electrons. The average molecular weight is 770 g/mol. The summed E-state index contributed by atoms with van der Waals surface area (Å²) in [5.41, 5.74) is 10.3. The number of nitrogens with zero attached hydrogens (tertiary/aromatic N) is 3. The van der Waals surface area contributed by atoms with Gasteiger partial charge < -0.3 is 14.0 Å². The SMILES string of the molecule is Cc1ccc2c(n1)oc1c(-c3cc(-c4ccc(F)cc4)ccn3)[c-]ccc12.[CH2-]c1cc(C(C)C)ccc1-c1cccc[n+]1[CH2-].[Ir+3]. The van der Waals surface area contributed by atoms with Crippen molar-refractivity contribution in [3.63, 3.8) is 0 Å². The second-order valence-corrected chi connectivity index (χ2v) is 11.1. The fourth-order valence-electron chi connectivity index (χ4n) is 5.24. The summed E-state index contributed by atoms with van der Waals surface area (Å²) in [6.07, 6.45) is 3.69. The molecule has 3 aromatic carbocycles. The molecule has 0 spiro atoms. The van der Waals surface area contributed by atoms with Crippen LogP contribution in [0.3, 0.4) is 0 Å². The summed E-state index contributed by atoms with van der Waals surface area (Å²) in [4.78, 5) is 8.99. The van der Waals surface area contributed by atoms with E-state index < -0.39 is 0 Å². The van der Waals surface area contributed by atoms with Crippen molar-refractivity contribution in [3.05, 3.63) is 152 Å². The van der Waals surface area contributed by atoms with Crippen LogP contribution in [0.25, 0.3) is 55.7 Å². The number of hydrogen-bond acceptors (Lipinski definition) is 3. The maximum Gasteiger partial charge on any atom is 3.00 e. The first-order valence-corrected chi connectivity index (χ1v) is 14.5. The quantitative estimate of drug-likeness (QED) is 0.132. The van der Waals surface area contributed by atoms with E-state index in [0.717, 1.165) is 55.7 Å². The summed E-state index contributed by atoms with van der Waals surface area (Å²) in [5.74, 6) is 0.281. The van der Waals surface area contributed by atoms with Crippen LogP contribution < -0.4 is 4.57 Å². The zero-order valence-corrected chi connectivity index (χ0v) is 27.7. The summed E-state index contributed by atoms with van der Waals surface area (Å²) < 4.78 is 21.1. The van der Waals surface area contributed by atoms with Crippen molar-refractivity contribution in [2.45, 2.75) is 26.7 Å². The molecule has 0 aliphatic rings. The van der Waals surface area contributed by atoms with E-state index in [1.807, 2.05) is 66.2 Å². The van der Waals surface area contributed by atoms with Crippen LogP contribution >= 0.6 is 0 Å². The zero-order valence-electron chi connectivity index (χ0n) is 25.3. The van der Waals surface area contributed by atoms with Crippen LogP contribution in [0.1, 0.15) is 36.6 Å². The molecule has 4 heterocycles. The molecule has 0 atom stereocenters. The van der Waals surface area contributed by atoms with Crippen LogP contribution in [0, 0.1) is 32.8 Å². The number of rotatable bonds is 4. The van der Waals surface area contributed by atoms with Gasteiger partial charge in [0.15, 0.2) is 0 Å². The van der Waals surface area contributed by atoms with E-state index in [0.29, 0.717) is 17.2 Å². The number of pyridine rings is 3. The molecule has 0 bridgehead atoms. The molecule has 0 N–H and O–H groups in total. The fraction of sp³-hybridized carbons (Fsp3) is 0.103. The van der Waals surface area contributed by atoms with Gasteiger partial charge in [0.25, 0.3) is 0 Å². The smallest absolute Gasteiger partial charge is 0.486 e. The molecule has 7 rings (SSSR count). The predicted octanol–water partition coefficient (Wildman–Crippen LogP) is 9.54. The zero-order chi connectivity index (χ0) is 30.8. The number of hydrogen-bond donors (Lipinski definition) is 0. The molecule has 4 nitrogen and oxygen atoms in total. The average Bonchev–Trinajstić information content (AvgIpc) is 3.40. The first-order chi connectivity index (χ1) is 21.3. The van der Waals surface area contributed by atoms with Crippen molar-refractivity contribution in [2.24, 2.45) is 0 Å². The third-order valence-electron chi connectivity index (χ3n) is 7.64. The Bertz CT molecular complexity index is 2100. The molecule has 0 saturated heterocycles. The van der Waals surface area contributed by atoms with Crippen LogP contribution in [0.4, 0.5) is 4.39 Å². The van der Waals surface area contributed by atoms with Crippen LogP contribution in [0.2, 0.25) is 0 Å². The second kappa shape index (κ2) is 13.5. The third-order valence-corrected chi connectivity index (χ3v) is 7.64. The van der Waals surface area contributed by atoms with Gasteiger partial charge in [0.2, 0.25) is 5.71 Å². The summed E-state index contributed by atoms with van der Waals surface area (Å²) in [6.45, 7) is 10.5. The second-order valence-electron chi connectivity index (χ2n) is 11.1. The van der Waals surface area contributed by atoms with Crippen molar-refractivity contribution in [1.82, 2.24) is 9.97 Å². The van der Waals surface area contributed by atoms with Gasteiger partial charge >= 0.3 is 20.1 Å². The molecule has 0 fully saturated rings. The monoisotopic (exact) mass is 770 g/mol. The first-order valence-electron chi connectivity index (χ1n) is 14.5. The molecule has 0 saturated carbocycles. The van der Waals surface area contributed by atoms with Crippen LogP contribution in [0.15, 0.2) is 114 Å². The summed E-state index contributed by atoms with van der Waals surface area (Å²) in [5, 5.41) is 1.96. The van der Waals surface area contributed by atoms with Crippen molar-refractivity contribution in [2.75, 3.05) is 0 Å². The van der Waals surface area contributed by atoms with E-state index in [2.05, 4.69) is 68.1 Å².